The van der Waals surface area contributed by atoms with Gasteiger partial charge in [0.1, 0.15) is 11.6 Å². The highest BCUT2D eigenvalue weighted by atomic mass is 16.4. The summed E-state index contributed by atoms with van der Waals surface area (Å²) in [7, 11) is 0. The monoisotopic (exact) mass is 1050 g/mol. The molecule has 0 aliphatic heterocycles. The molecular weight excluding hydrogens is 949 g/mol. The first-order chi connectivity index (χ1) is 35.4. The van der Waals surface area contributed by atoms with Gasteiger partial charge in [0.2, 0.25) is 0 Å². The molecule has 6 heterocycles. The molecule has 0 saturated heterocycles. The topological polar surface area (TPSA) is 156 Å². The second-order valence-electron chi connectivity index (χ2n) is 22.8. The van der Waals surface area contributed by atoms with E-state index in [4.69, 9.17) is 8.83 Å². The zero-order chi connectivity index (χ0) is 58.3. The Kier molecular flexibility index (Phi) is 29.7. The SMILES string of the molecule is CC(C)c1cccc(=O)n1C(C)C.CC(C)c1cccnc1C(C)C.CC(C)c1ccoc(=O)c1C(C)C.CC(C)c1nccc(=O)n1C(C)C.CC(C)c1nccnc1C(C)C.CC(C)c1occc(=O)c1C(C)C. The molecule has 0 N–H and O–H groups in total. The first kappa shape index (κ1) is 68.0. The normalized spacial score (nSPS) is 11.2. The highest BCUT2D eigenvalue weighted by molar-refractivity contribution is 5.28. The Hall–Kier alpha value is -6.04. The van der Waals surface area contributed by atoms with Crippen molar-refractivity contribution in [3.8, 4) is 0 Å². The van der Waals surface area contributed by atoms with Gasteiger partial charge in [0.15, 0.2) is 5.43 Å². The molecule has 0 aliphatic rings. The third-order valence-electron chi connectivity index (χ3n) is 12.2. The van der Waals surface area contributed by atoms with Crippen LogP contribution in [0.15, 0.2) is 114 Å². The van der Waals surface area contributed by atoms with Crippen LogP contribution < -0.4 is 22.2 Å². The van der Waals surface area contributed by atoms with E-state index >= 15 is 0 Å². The molecule has 12 nitrogen and oxygen atoms in total. The van der Waals surface area contributed by atoms with E-state index in [1.54, 1.807) is 29.2 Å². The van der Waals surface area contributed by atoms with E-state index in [9.17, 15) is 19.2 Å². The molecule has 0 fully saturated rings. The standard InChI is InChI=1S/C11H17NO.C11H17N.2C11H16O2.C10H16N2O.C10H16N2/c1-8(2)10-6-5-7-11(13)12(10)9(3)4;1-8(2)10-6-5-7-12-11(10)9(3)4;1-7(2)10-9(12)5-6-13-11(10)8(3)4;1-7(2)9-5-6-13-11(12)10(9)8(3)4;1-7(2)10-11-6-5-9(13)12(10)8(3)4;1-7(2)9-10(8(3)4)12-6-5-11-9/h5-9H,1-4H3;5-9H,1-4H3;3*5-8H,1-4H3;5-8H,1-4H3. The van der Waals surface area contributed by atoms with Crippen LogP contribution >= 0.6 is 0 Å². The minimum absolute atomic E-state index is 0.0358. The van der Waals surface area contributed by atoms with Gasteiger partial charge in [-0.1, -0.05) is 151 Å². The van der Waals surface area contributed by atoms with E-state index in [0.29, 0.717) is 35.5 Å². The van der Waals surface area contributed by atoms with Crippen LogP contribution in [0.2, 0.25) is 0 Å². The Morgan fingerprint density at radius 1 is 0.368 bits per heavy atom. The van der Waals surface area contributed by atoms with E-state index < -0.39 is 0 Å². The molecule has 0 radical (unpaired) electrons. The summed E-state index contributed by atoms with van der Waals surface area (Å²) in [5.41, 5.74) is 8.77. The predicted molar refractivity (Wildman–Crippen MR) is 317 cm³/mol. The maximum Gasteiger partial charge on any atom is 0.339 e. The van der Waals surface area contributed by atoms with Crippen molar-refractivity contribution in [3.05, 3.63) is 184 Å². The van der Waals surface area contributed by atoms with Crippen molar-refractivity contribution in [2.24, 2.45) is 0 Å². The van der Waals surface area contributed by atoms with E-state index in [1.165, 1.54) is 35.9 Å². The van der Waals surface area contributed by atoms with Crippen molar-refractivity contribution >= 4 is 0 Å². The van der Waals surface area contributed by atoms with Crippen LogP contribution in [0.1, 0.15) is 294 Å². The molecule has 0 spiro atoms. The lowest BCUT2D eigenvalue weighted by molar-refractivity contribution is 0.455. The highest BCUT2D eigenvalue weighted by Crippen LogP contribution is 2.26. The summed E-state index contributed by atoms with van der Waals surface area (Å²) in [6, 6.07) is 15.0. The van der Waals surface area contributed by atoms with Crippen LogP contribution in [-0.2, 0) is 0 Å². The van der Waals surface area contributed by atoms with Gasteiger partial charge in [0, 0.05) is 89.4 Å². The lowest BCUT2D eigenvalue weighted by Gasteiger charge is -2.18. The molecule has 0 saturated carbocycles. The average molecular weight is 1050 g/mol. The van der Waals surface area contributed by atoms with Gasteiger partial charge < -0.3 is 13.4 Å². The highest BCUT2D eigenvalue weighted by Gasteiger charge is 2.17. The van der Waals surface area contributed by atoms with Crippen molar-refractivity contribution < 1.29 is 8.83 Å². The summed E-state index contributed by atoms with van der Waals surface area (Å²) in [6.07, 6.45) is 9.94. The molecule has 76 heavy (non-hydrogen) atoms. The summed E-state index contributed by atoms with van der Waals surface area (Å²) in [4.78, 5) is 63.3. The fraction of sp³-hybridized carbons (Fsp3) is 0.562. The molecule has 12 heteroatoms. The van der Waals surface area contributed by atoms with Gasteiger partial charge in [-0.25, -0.2) is 9.78 Å². The van der Waals surface area contributed by atoms with Crippen molar-refractivity contribution in [1.82, 2.24) is 29.1 Å². The third kappa shape index (κ3) is 21.2. The lowest BCUT2D eigenvalue weighted by Crippen LogP contribution is -2.26. The molecule has 420 valence electrons. The maximum atomic E-state index is 11.5. The van der Waals surface area contributed by atoms with E-state index in [2.05, 4.69) is 109 Å². The second kappa shape index (κ2) is 33.2. The Morgan fingerprint density at radius 2 is 0.855 bits per heavy atom. The Morgan fingerprint density at radius 3 is 1.22 bits per heavy atom. The summed E-state index contributed by atoms with van der Waals surface area (Å²) < 4.78 is 13.8. The molecule has 0 unspecified atom stereocenters. The van der Waals surface area contributed by atoms with Crippen molar-refractivity contribution in [2.75, 3.05) is 0 Å². The van der Waals surface area contributed by atoms with Gasteiger partial charge in [-0.15, -0.1) is 0 Å². The first-order valence-electron chi connectivity index (χ1n) is 27.7. The van der Waals surface area contributed by atoms with Crippen LogP contribution in [0.4, 0.5) is 0 Å². The molecule has 0 bridgehead atoms. The van der Waals surface area contributed by atoms with Crippen LogP contribution in [0.25, 0.3) is 0 Å². The Labute approximate surface area is 457 Å². The number of nitrogens with zero attached hydrogens (tertiary/aromatic N) is 6. The molecule has 6 rings (SSSR count). The third-order valence-corrected chi connectivity index (χ3v) is 12.2. The molecule has 6 aromatic rings. The van der Waals surface area contributed by atoms with Gasteiger partial charge in [-0.3, -0.25) is 33.9 Å². The molecular formula is C64H98N6O6. The quantitative estimate of drug-likeness (QED) is 0.116. The molecule has 6 aromatic heterocycles. The number of hydrogen-bond donors (Lipinski definition) is 0. The zero-order valence-corrected chi connectivity index (χ0v) is 51.1. The molecule has 0 atom stereocenters. The molecule has 0 aromatic carbocycles. The fourth-order valence-electron chi connectivity index (χ4n) is 8.54. The number of rotatable bonds is 12. The van der Waals surface area contributed by atoms with E-state index in [0.717, 1.165) is 45.4 Å². The van der Waals surface area contributed by atoms with Crippen LogP contribution in [0.5, 0.6) is 0 Å². The van der Waals surface area contributed by atoms with Gasteiger partial charge in [0.25, 0.3) is 11.1 Å². The molecule has 0 amide bonds. The van der Waals surface area contributed by atoms with Crippen LogP contribution in [0, 0.1) is 0 Å². The minimum Gasteiger partial charge on any atom is -0.469 e. The first-order valence-corrected chi connectivity index (χ1v) is 27.7. The van der Waals surface area contributed by atoms with Crippen molar-refractivity contribution in [2.45, 2.75) is 237 Å². The smallest absolute Gasteiger partial charge is 0.339 e. The Balaban J connectivity index is 0.000000456. The minimum atomic E-state index is -0.193. The predicted octanol–water partition coefficient (Wildman–Crippen LogP) is 16.3. The van der Waals surface area contributed by atoms with Crippen LogP contribution in [-0.4, -0.2) is 29.1 Å². The van der Waals surface area contributed by atoms with E-state index in [-0.39, 0.29) is 57.9 Å². The van der Waals surface area contributed by atoms with Crippen molar-refractivity contribution in [3.63, 3.8) is 0 Å². The van der Waals surface area contributed by atoms with Gasteiger partial charge in [0.05, 0.1) is 23.9 Å². The van der Waals surface area contributed by atoms with Gasteiger partial charge >= 0.3 is 5.63 Å². The van der Waals surface area contributed by atoms with Gasteiger partial charge in [-0.05, 0) is 104 Å². The van der Waals surface area contributed by atoms with Gasteiger partial charge in [-0.2, -0.15) is 0 Å². The average Bonchev–Trinajstić information content (AvgIpc) is 3.34. The van der Waals surface area contributed by atoms with E-state index in [1.807, 2.05) is 118 Å². The summed E-state index contributed by atoms with van der Waals surface area (Å²) in [5, 5.41) is 0. The summed E-state index contributed by atoms with van der Waals surface area (Å²) in [6.45, 7) is 50.0. The second-order valence-corrected chi connectivity index (χ2v) is 22.8. The Bertz CT molecular complexity index is 2470. The largest absolute Gasteiger partial charge is 0.469 e. The maximum absolute atomic E-state index is 11.5. The fourth-order valence-corrected chi connectivity index (χ4v) is 8.54. The van der Waals surface area contributed by atoms with Crippen molar-refractivity contribution in [1.29, 1.82) is 0 Å². The number of hydrogen-bond acceptors (Lipinski definition) is 10. The lowest BCUT2D eigenvalue weighted by atomic mass is 9.93. The number of aromatic nitrogens is 6. The summed E-state index contributed by atoms with van der Waals surface area (Å²) in [5.74, 6) is 5.53. The molecule has 0 aliphatic carbocycles. The van der Waals surface area contributed by atoms with Crippen LogP contribution in [0.3, 0.4) is 0 Å². The zero-order valence-electron chi connectivity index (χ0n) is 51.1. The summed E-state index contributed by atoms with van der Waals surface area (Å²) >= 11 is 0. The number of pyridine rings is 2.